The minimum Gasteiger partial charge on any atom is -0.319 e. The Labute approximate surface area is 174 Å². The third kappa shape index (κ3) is 3.84. The van der Waals surface area contributed by atoms with Crippen LogP contribution in [0.3, 0.4) is 0 Å². The van der Waals surface area contributed by atoms with Gasteiger partial charge in [-0.25, -0.2) is 18.5 Å². The number of sulfonamides is 1. The first-order valence-electron chi connectivity index (χ1n) is 9.63. The summed E-state index contributed by atoms with van der Waals surface area (Å²) in [5.41, 5.74) is 4.74. The Balaban J connectivity index is 1.63. The van der Waals surface area contributed by atoms with Gasteiger partial charge < -0.3 is 4.57 Å². The molecule has 2 aromatic carbocycles. The number of carbonyl (C=O) groups is 1. The molecule has 1 aliphatic carbocycles. The van der Waals surface area contributed by atoms with E-state index in [4.69, 9.17) is 5.14 Å². The van der Waals surface area contributed by atoms with Gasteiger partial charge in [0.15, 0.2) is 10.9 Å². The number of aryl methyl sites for hydroxylation is 3. The number of benzene rings is 2. The van der Waals surface area contributed by atoms with Crippen LogP contribution < -0.4 is 5.14 Å². The highest BCUT2D eigenvalue weighted by atomic mass is 32.2. The molecule has 1 heterocycles. The van der Waals surface area contributed by atoms with Crippen LogP contribution in [0.4, 0.5) is 0 Å². The highest BCUT2D eigenvalue weighted by Crippen LogP contribution is 2.31. The molecule has 1 aliphatic rings. The van der Waals surface area contributed by atoms with Crippen molar-refractivity contribution < 1.29 is 13.2 Å². The third-order valence-electron chi connectivity index (χ3n) is 5.36. The monoisotopic (exact) mass is 429 g/mol. The lowest BCUT2D eigenvalue weighted by atomic mass is 10.0. The number of thioether (sulfide) groups is 1. The summed E-state index contributed by atoms with van der Waals surface area (Å²) < 4.78 is 25.3. The average Bonchev–Trinajstić information content (AvgIpc) is 3.28. The van der Waals surface area contributed by atoms with Crippen molar-refractivity contribution in [2.75, 3.05) is 0 Å². The lowest BCUT2D eigenvalue weighted by molar-refractivity contribution is 0.0993. The standard InChI is InChI=1S/C21H23N3O3S2/c1-3-24-19-10-9-17(29(22,26)27)12-18(19)23-21(24)28-13(2)20(25)16-8-7-14-5-4-6-15(14)11-16/h7-13H,3-6H2,1-2H3,(H2,22,26,27)/t13-/m1/s1. The predicted molar refractivity (Wildman–Crippen MR) is 115 cm³/mol. The topological polar surface area (TPSA) is 95.0 Å². The zero-order valence-corrected chi connectivity index (χ0v) is 18.0. The van der Waals surface area contributed by atoms with Crippen LogP contribution in [0.1, 0.15) is 41.8 Å². The normalized spacial score (nSPS) is 14.9. The lowest BCUT2D eigenvalue weighted by Crippen LogP contribution is -2.15. The Morgan fingerprint density at radius 2 is 1.97 bits per heavy atom. The number of fused-ring (bicyclic) bond motifs is 2. The molecule has 1 aromatic heterocycles. The van der Waals surface area contributed by atoms with Crippen LogP contribution in [0, 0.1) is 0 Å². The van der Waals surface area contributed by atoms with Gasteiger partial charge in [0, 0.05) is 12.1 Å². The fourth-order valence-electron chi connectivity index (χ4n) is 3.83. The molecule has 0 saturated carbocycles. The molecule has 0 saturated heterocycles. The maximum Gasteiger partial charge on any atom is 0.238 e. The van der Waals surface area contributed by atoms with Crippen LogP contribution in [0.2, 0.25) is 0 Å². The molecule has 1 atom stereocenters. The van der Waals surface area contributed by atoms with E-state index < -0.39 is 10.0 Å². The molecule has 2 N–H and O–H groups in total. The molecular weight excluding hydrogens is 406 g/mol. The zero-order chi connectivity index (χ0) is 20.8. The zero-order valence-electron chi connectivity index (χ0n) is 16.4. The van der Waals surface area contributed by atoms with E-state index in [2.05, 4.69) is 11.1 Å². The van der Waals surface area contributed by atoms with Crippen LogP contribution in [0.25, 0.3) is 11.0 Å². The van der Waals surface area contributed by atoms with Gasteiger partial charge in [0.25, 0.3) is 0 Å². The Morgan fingerprint density at radius 1 is 1.21 bits per heavy atom. The number of nitrogens with two attached hydrogens (primary N) is 1. The third-order valence-corrected chi connectivity index (χ3v) is 7.36. The van der Waals surface area contributed by atoms with E-state index >= 15 is 0 Å². The molecule has 0 unspecified atom stereocenters. The second-order valence-electron chi connectivity index (χ2n) is 7.30. The number of nitrogens with zero attached hydrogens (tertiary/aromatic N) is 2. The SMILES string of the molecule is CCn1c(S[C@H](C)C(=O)c2ccc3c(c2)CCC3)nc2cc(S(N)(=O)=O)ccc21. The minimum atomic E-state index is -3.79. The quantitative estimate of drug-likeness (QED) is 0.478. The molecule has 0 radical (unpaired) electrons. The van der Waals surface area contributed by atoms with Crippen molar-refractivity contribution in [2.24, 2.45) is 5.14 Å². The summed E-state index contributed by atoms with van der Waals surface area (Å²) in [4.78, 5) is 17.6. The maximum atomic E-state index is 13.0. The molecule has 0 aliphatic heterocycles. The second-order valence-corrected chi connectivity index (χ2v) is 10.2. The van der Waals surface area contributed by atoms with E-state index in [0.29, 0.717) is 17.2 Å². The fraction of sp³-hybridized carbons (Fsp3) is 0.333. The van der Waals surface area contributed by atoms with Crippen molar-refractivity contribution in [1.29, 1.82) is 0 Å². The number of imidazole rings is 1. The van der Waals surface area contributed by atoms with E-state index in [0.717, 1.165) is 30.3 Å². The molecule has 0 amide bonds. The molecule has 29 heavy (non-hydrogen) atoms. The summed E-state index contributed by atoms with van der Waals surface area (Å²) in [5.74, 6) is 0.0737. The summed E-state index contributed by atoms with van der Waals surface area (Å²) in [7, 11) is -3.79. The van der Waals surface area contributed by atoms with Gasteiger partial charge >= 0.3 is 0 Å². The molecular formula is C21H23N3O3S2. The Bertz CT molecular complexity index is 1220. The van der Waals surface area contributed by atoms with E-state index in [1.165, 1.54) is 35.0 Å². The summed E-state index contributed by atoms with van der Waals surface area (Å²) in [6.07, 6.45) is 3.28. The van der Waals surface area contributed by atoms with Crippen LogP contribution in [0.5, 0.6) is 0 Å². The van der Waals surface area contributed by atoms with Gasteiger partial charge in [-0.3, -0.25) is 4.79 Å². The Morgan fingerprint density at radius 3 is 2.69 bits per heavy atom. The van der Waals surface area contributed by atoms with E-state index in [1.807, 2.05) is 30.5 Å². The van der Waals surface area contributed by atoms with E-state index in [1.54, 1.807) is 6.07 Å². The van der Waals surface area contributed by atoms with Crippen molar-refractivity contribution in [2.45, 2.75) is 55.0 Å². The van der Waals surface area contributed by atoms with Crippen molar-refractivity contribution in [3.8, 4) is 0 Å². The molecule has 0 fully saturated rings. The highest BCUT2D eigenvalue weighted by Gasteiger charge is 2.22. The summed E-state index contributed by atoms with van der Waals surface area (Å²) in [6.45, 7) is 4.54. The largest absolute Gasteiger partial charge is 0.319 e. The molecule has 152 valence electrons. The van der Waals surface area contributed by atoms with Crippen LogP contribution in [-0.4, -0.2) is 29.0 Å². The average molecular weight is 430 g/mol. The number of hydrogen-bond donors (Lipinski definition) is 1. The van der Waals surface area contributed by atoms with Crippen molar-refractivity contribution in [3.63, 3.8) is 0 Å². The van der Waals surface area contributed by atoms with Gasteiger partial charge in [-0.05, 0) is 68.5 Å². The van der Waals surface area contributed by atoms with Crippen molar-refractivity contribution in [1.82, 2.24) is 9.55 Å². The number of carbonyl (C=O) groups excluding carboxylic acids is 1. The van der Waals surface area contributed by atoms with Crippen LogP contribution >= 0.6 is 11.8 Å². The number of aromatic nitrogens is 2. The molecule has 0 spiro atoms. The van der Waals surface area contributed by atoms with E-state index in [-0.39, 0.29) is 15.9 Å². The van der Waals surface area contributed by atoms with Crippen molar-refractivity contribution >= 4 is 38.6 Å². The van der Waals surface area contributed by atoms with Gasteiger partial charge in [0.05, 0.1) is 21.2 Å². The van der Waals surface area contributed by atoms with Gasteiger partial charge in [-0.2, -0.15) is 0 Å². The smallest absolute Gasteiger partial charge is 0.238 e. The highest BCUT2D eigenvalue weighted by molar-refractivity contribution is 8.00. The number of ketones is 1. The molecule has 0 bridgehead atoms. The van der Waals surface area contributed by atoms with Gasteiger partial charge in [0.1, 0.15) is 0 Å². The Hall–Kier alpha value is -2.16. The number of primary sulfonamides is 1. The fourth-order valence-corrected chi connectivity index (χ4v) is 5.43. The first-order chi connectivity index (χ1) is 13.8. The predicted octanol–water partition coefficient (Wildman–Crippen LogP) is 3.56. The number of rotatable bonds is 6. The minimum absolute atomic E-state index is 0.0320. The summed E-state index contributed by atoms with van der Waals surface area (Å²) in [6, 6.07) is 10.7. The molecule has 8 heteroatoms. The van der Waals surface area contributed by atoms with Gasteiger partial charge in [-0.15, -0.1) is 0 Å². The van der Waals surface area contributed by atoms with Gasteiger partial charge in [0.2, 0.25) is 10.0 Å². The molecule has 4 rings (SSSR count). The number of Topliss-reactive ketones (excluding diaryl/α,β-unsaturated/α-hetero) is 1. The van der Waals surface area contributed by atoms with Gasteiger partial charge in [-0.1, -0.05) is 23.9 Å². The second kappa shape index (κ2) is 7.59. The molecule has 6 nitrogen and oxygen atoms in total. The summed E-state index contributed by atoms with van der Waals surface area (Å²) >= 11 is 1.39. The first-order valence-corrected chi connectivity index (χ1v) is 12.1. The van der Waals surface area contributed by atoms with Crippen molar-refractivity contribution in [3.05, 3.63) is 53.1 Å². The molecule has 3 aromatic rings. The first kappa shape index (κ1) is 20.1. The summed E-state index contributed by atoms with van der Waals surface area (Å²) in [5, 5.41) is 5.62. The van der Waals surface area contributed by atoms with E-state index in [9.17, 15) is 13.2 Å². The van der Waals surface area contributed by atoms with Crippen LogP contribution in [0.15, 0.2) is 46.5 Å². The lowest BCUT2D eigenvalue weighted by Gasteiger charge is -2.12. The maximum absolute atomic E-state index is 13.0. The Kier molecular flexibility index (Phi) is 5.27. The number of hydrogen-bond acceptors (Lipinski definition) is 5. The van der Waals surface area contributed by atoms with Crippen LogP contribution in [-0.2, 0) is 29.4 Å².